The van der Waals surface area contributed by atoms with Crippen LogP contribution in [0.15, 0.2) is 71.6 Å². The zero-order valence-electron chi connectivity index (χ0n) is 23.6. The lowest BCUT2D eigenvalue weighted by atomic mass is 10.1. The fourth-order valence-corrected chi connectivity index (χ4v) is 5.76. The van der Waals surface area contributed by atoms with Gasteiger partial charge in [-0.05, 0) is 49.7 Å². The van der Waals surface area contributed by atoms with Crippen molar-refractivity contribution in [3.05, 3.63) is 77.3 Å². The average Bonchev–Trinajstić information content (AvgIpc) is 2.98. The second-order valence-electron chi connectivity index (χ2n) is 8.92. The Labute approximate surface area is 245 Å². The SMILES string of the molecule is CCNC(=O)C(C)N(Cc1ccccc1)C(=O)CN(c1cc(Cl)ccc1OC)S(=O)(=O)c1ccc(OC)c(OC)c1. The summed E-state index contributed by atoms with van der Waals surface area (Å²) in [6.45, 7) is 3.17. The third-order valence-electron chi connectivity index (χ3n) is 6.35. The predicted molar refractivity (Wildman–Crippen MR) is 157 cm³/mol. The monoisotopic (exact) mass is 603 g/mol. The van der Waals surface area contributed by atoms with Crippen molar-refractivity contribution in [3.8, 4) is 17.2 Å². The molecular formula is C29H34ClN3O7S. The third kappa shape index (κ3) is 7.42. The second-order valence-corrected chi connectivity index (χ2v) is 11.2. The van der Waals surface area contributed by atoms with Crippen LogP contribution < -0.4 is 23.8 Å². The van der Waals surface area contributed by atoms with E-state index in [4.69, 9.17) is 25.8 Å². The molecule has 12 heteroatoms. The van der Waals surface area contributed by atoms with Crippen molar-refractivity contribution in [2.75, 3.05) is 38.7 Å². The van der Waals surface area contributed by atoms with Crippen LogP contribution in [0, 0.1) is 0 Å². The minimum Gasteiger partial charge on any atom is -0.495 e. The number of amides is 2. The van der Waals surface area contributed by atoms with Gasteiger partial charge in [0.25, 0.3) is 10.0 Å². The van der Waals surface area contributed by atoms with Crippen LogP contribution in [-0.4, -0.2) is 65.6 Å². The molecule has 0 spiro atoms. The van der Waals surface area contributed by atoms with E-state index < -0.39 is 28.5 Å². The topological polar surface area (TPSA) is 114 Å². The van der Waals surface area contributed by atoms with E-state index in [9.17, 15) is 18.0 Å². The van der Waals surface area contributed by atoms with Crippen molar-refractivity contribution in [2.45, 2.75) is 31.3 Å². The minimum atomic E-state index is -4.41. The summed E-state index contributed by atoms with van der Waals surface area (Å²) in [7, 11) is -0.200. The lowest BCUT2D eigenvalue weighted by molar-refractivity contribution is -0.139. The molecule has 0 saturated carbocycles. The number of hydrogen-bond donors (Lipinski definition) is 1. The molecule has 41 heavy (non-hydrogen) atoms. The number of benzene rings is 3. The first-order valence-electron chi connectivity index (χ1n) is 12.8. The quantitative estimate of drug-likeness (QED) is 0.313. The van der Waals surface area contributed by atoms with Gasteiger partial charge in [0.15, 0.2) is 11.5 Å². The lowest BCUT2D eigenvalue weighted by Gasteiger charge is -2.32. The van der Waals surface area contributed by atoms with E-state index >= 15 is 0 Å². The molecule has 0 radical (unpaired) electrons. The molecule has 0 aromatic heterocycles. The summed E-state index contributed by atoms with van der Waals surface area (Å²) in [6, 6.07) is 16.8. The molecule has 1 unspecified atom stereocenters. The van der Waals surface area contributed by atoms with Gasteiger partial charge in [-0.15, -0.1) is 0 Å². The van der Waals surface area contributed by atoms with E-state index in [2.05, 4.69) is 5.32 Å². The first-order chi connectivity index (χ1) is 19.6. The Morgan fingerprint density at radius 3 is 2.15 bits per heavy atom. The number of hydrogen-bond acceptors (Lipinski definition) is 7. The molecule has 3 aromatic rings. The summed E-state index contributed by atoms with van der Waals surface area (Å²) in [5.74, 6) is -0.282. The molecule has 0 heterocycles. The summed E-state index contributed by atoms with van der Waals surface area (Å²) >= 11 is 6.27. The molecule has 0 bridgehead atoms. The molecule has 0 aliphatic rings. The van der Waals surface area contributed by atoms with Crippen molar-refractivity contribution < 1.29 is 32.2 Å². The maximum absolute atomic E-state index is 14.2. The fraction of sp³-hybridized carbons (Fsp3) is 0.310. The highest BCUT2D eigenvalue weighted by Crippen LogP contribution is 2.37. The lowest BCUT2D eigenvalue weighted by Crippen LogP contribution is -2.51. The van der Waals surface area contributed by atoms with Gasteiger partial charge >= 0.3 is 0 Å². The van der Waals surface area contributed by atoms with Crippen LogP contribution >= 0.6 is 11.6 Å². The molecule has 0 fully saturated rings. The number of carbonyl (C=O) groups is 2. The Morgan fingerprint density at radius 2 is 1.54 bits per heavy atom. The number of ether oxygens (including phenoxy) is 3. The van der Waals surface area contributed by atoms with Crippen molar-refractivity contribution in [2.24, 2.45) is 0 Å². The van der Waals surface area contributed by atoms with Gasteiger partial charge < -0.3 is 24.4 Å². The maximum Gasteiger partial charge on any atom is 0.265 e. The number of nitrogens with zero attached hydrogens (tertiary/aromatic N) is 2. The standard InChI is InChI=1S/C29H34ClN3O7S/c1-6-31-29(35)20(2)32(18-21-10-8-7-9-11-21)28(34)19-33(24-16-22(30)12-14-25(24)38-3)41(36,37)23-13-15-26(39-4)27(17-23)40-5/h7-17,20H,6,18-19H2,1-5H3,(H,31,35). The molecule has 3 rings (SSSR count). The number of sulfonamides is 1. The van der Waals surface area contributed by atoms with Gasteiger partial charge in [-0.3, -0.25) is 13.9 Å². The van der Waals surface area contributed by atoms with E-state index in [1.807, 2.05) is 30.3 Å². The van der Waals surface area contributed by atoms with Crippen LogP contribution in [-0.2, 0) is 26.2 Å². The van der Waals surface area contributed by atoms with Crippen molar-refractivity contribution in [3.63, 3.8) is 0 Å². The van der Waals surface area contributed by atoms with Gasteiger partial charge in [-0.1, -0.05) is 41.9 Å². The van der Waals surface area contributed by atoms with Crippen molar-refractivity contribution in [1.29, 1.82) is 0 Å². The first kappa shape index (κ1) is 31.6. The Morgan fingerprint density at radius 1 is 0.902 bits per heavy atom. The Hall–Kier alpha value is -3.96. The molecule has 0 aliphatic carbocycles. The molecular weight excluding hydrogens is 570 g/mol. The summed E-state index contributed by atoms with van der Waals surface area (Å²) in [5.41, 5.74) is 0.820. The number of likely N-dealkylation sites (N-methyl/N-ethyl adjacent to an activating group) is 1. The molecule has 0 saturated heterocycles. The Bertz CT molecular complexity index is 1470. The summed E-state index contributed by atoms with van der Waals surface area (Å²) < 4.78 is 45.3. The molecule has 10 nitrogen and oxygen atoms in total. The number of methoxy groups -OCH3 is 3. The molecule has 220 valence electrons. The van der Waals surface area contributed by atoms with Gasteiger partial charge in [0, 0.05) is 24.2 Å². The highest BCUT2D eigenvalue weighted by molar-refractivity contribution is 7.92. The van der Waals surface area contributed by atoms with E-state index in [1.165, 1.54) is 56.6 Å². The molecule has 1 atom stereocenters. The Balaban J connectivity index is 2.14. The van der Waals surface area contributed by atoms with Crippen molar-refractivity contribution in [1.82, 2.24) is 10.2 Å². The largest absolute Gasteiger partial charge is 0.495 e. The molecule has 1 N–H and O–H groups in total. The number of rotatable bonds is 13. The van der Waals surface area contributed by atoms with Crippen LogP contribution in [0.4, 0.5) is 5.69 Å². The number of carbonyl (C=O) groups excluding carboxylic acids is 2. The third-order valence-corrected chi connectivity index (χ3v) is 8.34. The van der Waals surface area contributed by atoms with Gasteiger partial charge in [-0.25, -0.2) is 8.42 Å². The first-order valence-corrected chi connectivity index (χ1v) is 14.6. The zero-order valence-corrected chi connectivity index (χ0v) is 25.2. The molecule has 3 aromatic carbocycles. The van der Waals surface area contributed by atoms with Gasteiger partial charge in [0.1, 0.15) is 18.3 Å². The van der Waals surface area contributed by atoms with Crippen LogP contribution in [0.25, 0.3) is 0 Å². The average molecular weight is 604 g/mol. The predicted octanol–water partition coefficient (Wildman–Crippen LogP) is 4.11. The van der Waals surface area contributed by atoms with E-state index in [0.717, 1.165) is 9.87 Å². The smallest absolute Gasteiger partial charge is 0.265 e. The number of anilines is 1. The van der Waals surface area contributed by atoms with Crippen LogP contribution in [0.5, 0.6) is 17.2 Å². The second kappa shape index (κ2) is 14.1. The summed E-state index contributed by atoms with van der Waals surface area (Å²) in [6.07, 6.45) is 0. The fourth-order valence-electron chi connectivity index (χ4n) is 4.16. The normalized spacial score (nSPS) is 11.8. The molecule has 2 amide bonds. The number of nitrogens with one attached hydrogen (secondary N) is 1. The van der Waals surface area contributed by atoms with Crippen molar-refractivity contribution >= 4 is 39.1 Å². The van der Waals surface area contributed by atoms with Gasteiger partial charge in [-0.2, -0.15) is 0 Å². The maximum atomic E-state index is 14.2. The van der Waals surface area contributed by atoms with Gasteiger partial charge in [0.05, 0.1) is 31.9 Å². The molecule has 0 aliphatic heterocycles. The minimum absolute atomic E-state index is 0.0495. The summed E-state index contributed by atoms with van der Waals surface area (Å²) in [4.78, 5) is 28.0. The van der Waals surface area contributed by atoms with Gasteiger partial charge in [0.2, 0.25) is 11.8 Å². The van der Waals surface area contributed by atoms with E-state index in [0.29, 0.717) is 12.3 Å². The zero-order chi connectivity index (χ0) is 30.2. The Kier molecular flexibility index (Phi) is 10.8. The highest BCUT2D eigenvalue weighted by Gasteiger charge is 2.34. The van der Waals surface area contributed by atoms with E-state index in [-0.39, 0.29) is 39.6 Å². The van der Waals surface area contributed by atoms with E-state index in [1.54, 1.807) is 19.9 Å². The summed E-state index contributed by atoms with van der Waals surface area (Å²) in [5, 5.41) is 2.96. The van der Waals surface area contributed by atoms with Crippen LogP contribution in [0.1, 0.15) is 19.4 Å². The van der Waals surface area contributed by atoms with Crippen LogP contribution in [0.3, 0.4) is 0 Å². The van der Waals surface area contributed by atoms with Crippen LogP contribution in [0.2, 0.25) is 5.02 Å². The highest BCUT2D eigenvalue weighted by atomic mass is 35.5. The number of halogens is 1.